The second kappa shape index (κ2) is 3.49. The van der Waals surface area contributed by atoms with Crippen molar-refractivity contribution in [2.24, 2.45) is 5.73 Å². The van der Waals surface area contributed by atoms with Crippen molar-refractivity contribution >= 4 is 13.8 Å². The number of carbonyl (C=O) groups is 1. The van der Waals surface area contributed by atoms with Gasteiger partial charge < -0.3 is 10.8 Å². The quantitative estimate of drug-likeness (QED) is 0.456. The molecule has 0 aliphatic carbocycles. The third-order valence-corrected chi connectivity index (χ3v) is 0.961. The molecule has 0 aromatic carbocycles. The Morgan fingerprint density at radius 1 is 1.88 bits per heavy atom. The van der Waals surface area contributed by atoms with Crippen molar-refractivity contribution < 1.29 is 9.90 Å². The lowest BCUT2D eigenvalue weighted by molar-refractivity contribution is -0.137. The van der Waals surface area contributed by atoms with Crippen LogP contribution in [0, 0.1) is 0 Å². The Balaban J connectivity index is 3.24. The molecular weight excluding hydrogens is 105 g/mol. The SMILES string of the molecule is BCC(N)CC(=O)O. The standard InChI is InChI=1S/C4H10BNO2/c5-2-3(6)1-4(7)8/h3H,1-2,5-6H2,(H,7,8). The van der Waals surface area contributed by atoms with Crippen molar-refractivity contribution in [1.29, 1.82) is 0 Å². The zero-order chi connectivity index (χ0) is 6.57. The van der Waals surface area contributed by atoms with Crippen LogP contribution in [-0.2, 0) is 4.79 Å². The molecule has 0 radical (unpaired) electrons. The maximum absolute atomic E-state index is 9.89. The van der Waals surface area contributed by atoms with Gasteiger partial charge in [-0.05, 0) is 0 Å². The van der Waals surface area contributed by atoms with Gasteiger partial charge in [0.25, 0.3) is 0 Å². The highest BCUT2D eigenvalue weighted by Crippen LogP contribution is 1.89. The highest BCUT2D eigenvalue weighted by Gasteiger charge is 2.03. The lowest BCUT2D eigenvalue weighted by atomic mass is 9.96. The monoisotopic (exact) mass is 115 g/mol. The maximum atomic E-state index is 9.89. The largest absolute Gasteiger partial charge is 0.481 e. The smallest absolute Gasteiger partial charge is 0.304 e. The molecule has 0 fully saturated rings. The fraction of sp³-hybridized carbons (Fsp3) is 0.750. The summed E-state index contributed by atoms with van der Waals surface area (Å²) in [7, 11) is 1.87. The van der Waals surface area contributed by atoms with E-state index in [-0.39, 0.29) is 12.5 Å². The summed E-state index contributed by atoms with van der Waals surface area (Å²) in [5, 5.41) is 8.14. The Hall–Kier alpha value is -0.505. The average molecular weight is 115 g/mol. The van der Waals surface area contributed by atoms with Gasteiger partial charge in [-0.3, -0.25) is 4.79 Å². The molecular formula is C4H10BNO2. The first-order valence-electron chi connectivity index (χ1n) is 2.64. The van der Waals surface area contributed by atoms with Crippen LogP contribution in [0.5, 0.6) is 0 Å². The van der Waals surface area contributed by atoms with Crippen LogP contribution in [0.3, 0.4) is 0 Å². The Bertz CT molecular complexity index is 86.1. The molecule has 0 aliphatic rings. The van der Waals surface area contributed by atoms with E-state index in [4.69, 9.17) is 10.8 Å². The van der Waals surface area contributed by atoms with E-state index in [0.29, 0.717) is 0 Å². The van der Waals surface area contributed by atoms with Gasteiger partial charge in [-0.25, -0.2) is 0 Å². The topological polar surface area (TPSA) is 63.3 Å². The van der Waals surface area contributed by atoms with E-state index in [0.717, 1.165) is 6.32 Å². The van der Waals surface area contributed by atoms with Crippen LogP contribution in [0.25, 0.3) is 0 Å². The van der Waals surface area contributed by atoms with E-state index in [1.807, 2.05) is 7.85 Å². The first kappa shape index (κ1) is 7.49. The van der Waals surface area contributed by atoms with E-state index in [2.05, 4.69) is 0 Å². The summed E-state index contributed by atoms with van der Waals surface area (Å²) in [6.07, 6.45) is 0.808. The molecule has 0 spiro atoms. The van der Waals surface area contributed by atoms with Gasteiger partial charge in [-0.1, -0.05) is 6.32 Å². The van der Waals surface area contributed by atoms with Crippen molar-refractivity contribution in [2.45, 2.75) is 18.8 Å². The second-order valence-electron chi connectivity index (χ2n) is 1.77. The summed E-state index contributed by atoms with van der Waals surface area (Å²) < 4.78 is 0. The number of carboxylic acids is 1. The minimum Gasteiger partial charge on any atom is -0.481 e. The number of aliphatic carboxylic acids is 1. The second-order valence-corrected chi connectivity index (χ2v) is 1.77. The number of carboxylic acid groups (broad SMARTS) is 1. The van der Waals surface area contributed by atoms with Crippen LogP contribution in [-0.4, -0.2) is 25.0 Å². The number of nitrogens with two attached hydrogens (primary N) is 1. The van der Waals surface area contributed by atoms with Crippen molar-refractivity contribution in [3.05, 3.63) is 0 Å². The highest BCUT2D eigenvalue weighted by atomic mass is 16.4. The van der Waals surface area contributed by atoms with Crippen LogP contribution < -0.4 is 5.73 Å². The third-order valence-electron chi connectivity index (χ3n) is 0.961. The van der Waals surface area contributed by atoms with Gasteiger partial charge in [0, 0.05) is 6.04 Å². The van der Waals surface area contributed by atoms with E-state index in [1.165, 1.54) is 0 Å². The minimum absolute atomic E-state index is 0.0799. The lowest BCUT2D eigenvalue weighted by Crippen LogP contribution is -2.22. The van der Waals surface area contributed by atoms with Gasteiger partial charge >= 0.3 is 5.97 Å². The number of hydrogen-bond donors (Lipinski definition) is 2. The molecule has 8 heavy (non-hydrogen) atoms. The molecule has 1 unspecified atom stereocenters. The van der Waals surface area contributed by atoms with Crippen LogP contribution >= 0.6 is 0 Å². The minimum atomic E-state index is -0.820. The molecule has 0 amide bonds. The fourth-order valence-corrected chi connectivity index (χ4v) is 0.369. The fourth-order valence-electron chi connectivity index (χ4n) is 0.369. The number of hydrogen-bond acceptors (Lipinski definition) is 2. The van der Waals surface area contributed by atoms with Gasteiger partial charge in [0.1, 0.15) is 7.85 Å². The molecule has 0 heterocycles. The summed E-state index contributed by atoms with van der Waals surface area (Å²) in [6, 6.07) is -0.174. The molecule has 46 valence electrons. The molecule has 0 rings (SSSR count). The predicted octanol–water partition coefficient (Wildman–Crippen LogP) is -1.16. The highest BCUT2D eigenvalue weighted by molar-refractivity contribution is 6.09. The molecule has 0 aliphatic heterocycles. The van der Waals surface area contributed by atoms with Crippen LogP contribution in [0.4, 0.5) is 0 Å². The molecule has 0 aromatic heterocycles. The van der Waals surface area contributed by atoms with Crippen LogP contribution in [0.1, 0.15) is 6.42 Å². The Morgan fingerprint density at radius 2 is 2.38 bits per heavy atom. The lowest BCUT2D eigenvalue weighted by Gasteiger charge is -2.01. The van der Waals surface area contributed by atoms with E-state index in [1.54, 1.807) is 0 Å². The predicted molar refractivity (Wildman–Crippen MR) is 33.6 cm³/mol. The maximum Gasteiger partial charge on any atom is 0.304 e. The summed E-state index contributed by atoms with van der Waals surface area (Å²) in [5.41, 5.74) is 5.29. The number of rotatable bonds is 3. The Kier molecular flexibility index (Phi) is 3.27. The first-order valence-corrected chi connectivity index (χ1v) is 2.64. The molecule has 1 atom stereocenters. The summed E-state index contributed by atoms with van der Waals surface area (Å²) in [6.45, 7) is 0. The molecule has 0 aromatic rings. The summed E-state index contributed by atoms with van der Waals surface area (Å²) in [4.78, 5) is 9.89. The normalized spacial score (nSPS) is 13.1. The van der Waals surface area contributed by atoms with Gasteiger partial charge in [-0.2, -0.15) is 0 Å². The van der Waals surface area contributed by atoms with Gasteiger partial charge in [0.05, 0.1) is 6.42 Å². The van der Waals surface area contributed by atoms with Crippen molar-refractivity contribution in [3.63, 3.8) is 0 Å². The molecule has 0 saturated heterocycles. The van der Waals surface area contributed by atoms with E-state index < -0.39 is 5.97 Å². The molecule has 3 nitrogen and oxygen atoms in total. The Labute approximate surface area is 49.3 Å². The summed E-state index contributed by atoms with van der Waals surface area (Å²) >= 11 is 0. The average Bonchev–Trinajstić information content (AvgIpc) is 1.65. The van der Waals surface area contributed by atoms with Crippen LogP contribution in [0.15, 0.2) is 0 Å². The van der Waals surface area contributed by atoms with E-state index in [9.17, 15) is 4.79 Å². The van der Waals surface area contributed by atoms with Gasteiger partial charge in [0.15, 0.2) is 0 Å². The Morgan fingerprint density at radius 3 is 2.50 bits per heavy atom. The summed E-state index contributed by atoms with van der Waals surface area (Å²) in [5.74, 6) is -0.820. The first-order chi connectivity index (χ1) is 3.66. The zero-order valence-electron chi connectivity index (χ0n) is 4.92. The molecule has 0 saturated carbocycles. The van der Waals surface area contributed by atoms with Crippen molar-refractivity contribution in [2.75, 3.05) is 0 Å². The molecule has 4 heteroatoms. The van der Waals surface area contributed by atoms with E-state index >= 15 is 0 Å². The van der Waals surface area contributed by atoms with Crippen LogP contribution in [0.2, 0.25) is 6.32 Å². The van der Waals surface area contributed by atoms with Crippen molar-refractivity contribution in [1.82, 2.24) is 0 Å². The molecule has 0 bridgehead atoms. The van der Waals surface area contributed by atoms with Gasteiger partial charge in [-0.15, -0.1) is 0 Å². The zero-order valence-corrected chi connectivity index (χ0v) is 4.92. The third kappa shape index (κ3) is 3.68. The van der Waals surface area contributed by atoms with Crippen molar-refractivity contribution in [3.8, 4) is 0 Å². The van der Waals surface area contributed by atoms with Gasteiger partial charge in [0.2, 0.25) is 0 Å². The molecule has 3 N–H and O–H groups in total.